The van der Waals surface area contributed by atoms with Crippen molar-refractivity contribution in [1.82, 2.24) is 4.98 Å². The molecule has 22 heavy (non-hydrogen) atoms. The Bertz CT molecular complexity index is 766. The standard InChI is InChI=1S/C17H15N3OS/c1-12(21)18-14-7-9-15(10-8-14)19-17-20-16(11-22-17)13-5-3-2-4-6-13/h2-11H,1H3,(H,18,21)(H,19,20). The van der Waals surface area contributed by atoms with Gasteiger partial charge in [0.2, 0.25) is 5.91 Å². The molecule has 0 spiro atoms. The van der Waals surface area contributed by atoms with E-state index in [1.165, 1.54) is 6.92 Å². The van der Waals surface area contributed by atoms with Crippen LogP contribution in [0.2, 0.25) is 0 Å². The molecule has 1 amide bonds. The lowest BCUT2D eigenvalue weighted by molar-refractivity contribution is -0.114. The van der Waals surface area contributed by atoms with Gasteiger partial charge in [0.15, 0.2) is 5.13 Å². The van der Waals surface area contributed by atoms with Crippen LogP contribution in [0.25, 0.3) is 11.3 Å². The van der Waals surface area contributed by atoms with Crippen LogP contribution in [0.15, 0.2) is 60.0 Å². The fourth-order valence-electron chi connectivity index (χ4n) is 2.04. The number of benzene rings is 2. The SMILES string of the molecule is CC(=O)Nc1ccc(Nc2nc(-c3ccccc3)cs2)cc1. The van der Waals surface area contributed by atoms with E-state index in [-0.39, 0.29) is 5.91 Å². The second-order valence-corrected chi connectivity index (χ2v) is 5.65. The molecule has 2 aromatic carbocycles. The van der Waals surface area contributed by atoms with Gasteiger partial charge in [-0.05, 0) is 24.3 Å². The normalized spacial score (nSPS) is 10.2. The van der Waals surface area contributed by atoms with E-state index < -0.39 is 0 Å². The predicted molar refractivity (Wildman–Crippen MR) is 91.6 cm³/mol. The summed E-state index contributed by atoms with van der Waals surface area (Å²) < 4.78 is 0. The fourth-order valence-corrected chi connectivity index (χ4v) is 2.78. The lowest BCUT2D eigenvalue weighted by Crippen LogP contribution is -2.05. The molecule has 0 fully saturated rings. The first-order chi connectivity index (χ1) is 10.7. The summed E-state index contributed by atoms with van der Waals surface area (Å²) in [5.74, 6) is -0.0758. The maximum absolute atomic E-state index is 11.0. The van der Waals surface area contributed by atoms with Crippen molar-refractivity contribution in [2.45, 2.75) is 6.92 Å². The van der Waals surface area contributed by atoms with E-state index in [1.54, 1.807) is 11.3 Å². The molecule has 110 valence electrons. The molecule has 2 N–H and O–H groups in total. The second kappa shape index (κ2) is 6.41. The number of aromatic nitrogens is 1. The lowest BCUT2D eigenvalue weighted by atomic mass is 10.2. The summed E-state index contributed by atoms with van der Waals surface area (Å²) >= 11 is 1.56. The first kappa shape index (κ1) is 14.3. The molecule has 0 atom stereocenters. The minimum absolute atomic E-state index is 0.0758. The van der Waals surface area contributed by atoms with Crippen LogP contribution in [0, 0.1) is 0 Å². The van der Waals surface area contributed by atoms with Crippen LogP contribution in [-0.2, 0) is 4.79 Å². The number of thiazole rings is 1. The smallest absolute Gasteiger partial charge is 0.221 e. The average Bonchev–Trinajstić information content (AvgIpc) is 2.98. The zero-order valence-electron chi connectivity index (χ0n) is 12.0. The van der Waals surface area contributed by atoms with Crippen molar-refractivity contribution in [3.05, 3.63) is 60.0 Å². The average molecular weight is 309 g/mol. The number of rotatable bonds is 4. The molecule has 3 rings (SSSR count). The summed E-state index contributed by atoms with van der Waals surface area (Å²) in [6.45, 7) is 1.49. The first-order valence-electron chi connectivity index (χ1n) is 6.86. The van der Waals surface area contributed by atoms with E-state index in [0.717, 1.165) is 27.8 Å². The number of hydrogen-bond acceptors (Lipinski definition) is 4. The van der Waals surface area contributed by atoms with Crippen LogP contribution in [0.1, 0.15) is 6.92 Å². The van der Waals surface area contributed by atoms with Crippen LogP contribution < -0.4 is 10.6 Å². The third-order valence-corrected chi connectivity index (χ3v) is 3.79. The van der Waals surface area contributed by atoms with Crippen LogP contribution >= 0.6 is 11.3 Å². The lowest BCUT2D eigenvalue weighted by Gasteiger charge is -2.05. The first-order valence-corrected chi connectivity index (χ1v) is 7.74. The molecule has 0 aliphatic heterocycles. The molecule has 0 unspecified atom stereocenters. The molecule has 1 heterocycles. The van der Waals surface area contributed by atoms with Crippen molar-refractivity contribution < 1.29 is 4.79 Å². The predicted octanol–water partition coefficient (Wildman–Crippen LogP) is 4.51. The van der Waals surface area contributed by atoms with Gasteiger partial charge in [-0.15, -0.1) is 11.3 Å². The maximum Gasteiger partial charge on any atom is 0.221 e. The molecule has 0 radical (unpaired) electrons. The topological polar surface area (TPSA) is 54.0 Å². The summed E-state index contributed by atoms with van der Waals surface area (Å²) in [6, 6.07) is 17.6. The van der Waals surface area contributed by atoms with Crippen LogP contribution in [0.5, 0.6) is 0 Å². The van der Waals surface area contributed by atoms with Gasteiger partial charge in [-0.1, -0.05) is 30.3 Å². The molecule has 4 nitrogen and oxygen atoms in total. The van der Waals surface area contributed by atoms with Crippen molar-refractivity contribution in [3.8, 4) is 11.3 Å². The number of carbonyl (C=O) groups excluding carboxylic acids is 1. The number of nitrogens with one attached hydrogen (secondary N) is 2. The van der Waals surface area contributed by atoms with Gasteiger partial charge < -0.3 is 10.6 Å². The summed E-state index contributed by atoms with van der Waals surface area (Å²) in [7, 11) is 0. The molecule has 0 aliphatic rings. The summed E-state index contributed by atoms with van der Waals surface area (Å²) in [5, 5.41) is 8.88. The highest BCUT2D eigenvalue weighted by atomic mass is 32.1. The van der Waals surface area contributed by atoms with Crippen molar-refractivity contribution in [3.63, 3.8) is 0 Å². The van der Waals surface area contributed by atoms with Gasteiger partial charge >= 0.3 is 0 Å². The van der Waals surface area contributed by atoms with Gasteiger partial charge in [-0.3, -0.25) is 4.79 Å². The van der Waals surface area contributed by atoms with Gasteiger partial charge in [0.1, 0.15) is 0 Å². The Morgan fingerprint density at radius 1 is 1.00 bits per heavy atom. The van der Waals surface area contributed by atoms with Crippen molar-refractivity contribution in [2.75, 3.05) is 10.6 Å². The number of anilines is 3. The van der Waals surface area contributed by atoms with Crippen molar-refractivity contribution in [1.29, 1.82) is 0 Å². The summed E-state index contributed by atoms with van der Waals surface area (Å²) in [4.78, 5) is 15.6. The zero-order chi connectivity index (χ0) is 15.4. The van der Waals surface area contributed by atoms with E-state index in [9.17, 15) is 4.79 Å². The fraction of sp³-hybridized carbons (Fsp3) is 0.0588. The van der Waals surface area contributed by atoms with E-state index in [0.29, 0.717) is 0 Å². The molecule has 0 aliphatic carbocycles. The second-order valence-electron chi connectivity index (χ2n) is 4.79. The highest BCUT2D eigenvalue weighted by Crippen LogP contribution is 2.27. The van der Waals surface area contributed by atoms with E-state index >= 15 is 0 Å². The minimum atomic E-state index is -0.0758. The van der Waals surface area contributed by atoms with Gasteiger partial charge in [0.25, 0.3) is 0 Å². The van der Waals surface area contributed by atoms with Gasteiger partial charge in [-0.2, -0.15) is 0 Å². The largest absolute Gasteiger partial charge is 0.332 e. The zero-order valence-corrected chi connectivity index (χ0v) is 12.9. The molecule has 1 aromatic heterocycles. The third-order valence-electron chi connectivity index (χ3n) is 3.03. The van der Waals surface area contributed by atoms with Gasteiger partial charge in [0, 0.05) is 29.2 Å². The molecule has 5 heteroatoms. The van der Waals surface area contributed by atoms with Gasteiger partial charge in [0.05, 0.1) is 5.69 Å². The van der Waals surface area contributed by atoms with E-state index in [2.05, 4.69) is 15.6 Å². The van der Waals surface area contributed by atoms with E-state index in [4.69, 9.17) is 0 Å². The molecule has 0 saturated heterocycles. The Morgan fingerprint density at radius 2 is 1.68 bits per heavy atom. The van der Waals surface area contributed by atoms with Crippen LogP contribution in [0.3, 0.4) is 0 Å². The maximum atomic E-state index is 11.0. The molecule has 0 saturated carbocycles. The Hall–Kier alpha value is -2.66. The molecular formula is C17H15N3OS. The summed E-state index contributed by atoms with van der Waals surface area (Å²) in [5.41, 5.74) is 3.78. The number of hydrogen-bond donors (Lipinski definition) is 2. The molecule has 3 aromatic rings. The van der Waals surface area contributed by atoms with Crippen molar-refractivity contribution >= 4 is 33.8 Å². The Labute approximate surface area is 132 Å². The van der Waals surface area contributed by atoms with Gasteiger partial charge in [-0.25, -0.2) is 4.98 Å². The highest BCUT2D eigenvalue weighted by molar-refractivity contribution is 7.14. The minimum Gasteiger partial charge on any atom is -0.332 e. The van der Waals surface area contributed by atoms with Crippen LogP contribution in [-0.4, -0.2) is 10.9 Å². The Kier molecular flexibility index (Phi) is 4.16. The molecular weight excluding hydrogens is 294 g/mol. The van der Waals surface area contributed by atoms with Crippen LogP contribution in [0.4, 0.5) is 16.5 Å². The number of amides is 1. The highest BCUT2D eigenvalue weighted by Gasteiger charge is 2.04. The monoisotopic (exact) mass is 309 g/mol. The van der Waals surface area contributed by atoms with Crippen molar-refractivity contribution in [2.24, 2.45) is 0 Å². The number of nitrogens with zero attached hydrogens (tertiary/aromatic N) is 1. The third kappa shape index (κ3) is 3.51. The summed E-state index contributed by atoms with van der Waals surface area (Å²) in [6.07, 6.45) is 0. The Balaban J connectivity index is 1.71. The quantitative estimate of drug-likeness (QED) is 0.745. The molecule has 0 bridgehead atoms. The van der Waals surface area contributed by atoms with E-state index in [1.807, 2.05) is 60.0 Å². The Morgan fingerprint density at radius 3 is 2.36 bits per heavy atom. The number of carbonyl (C=O) groups is 1.